The van der Waals surface area contributed by atoms with Crippen LogP contribution in [-0.2, 0) is 6.18 Å². The molecule has 0 radical (unpaired) electrons. The highest BCUT2D eigenvalue weighted by atomic mass is 19.4. The molecule has 1 aromatic carbocycles. The normalized spacial score (nSPS) is 11.9. The number of rotatable bonds is 2. The maximum atomic E-state index is 12.5. The van der Waals surface area contributed by atoms with E-state index in [2.05, 4.69) is 4.98 Å². The fraction of sp³-hybridized carbons (Fsp3) is 0.0714. The first-order valence-electron chi connectivity index (χ1n) is 5.53. The summed E-state index contributed by atoms with van der Waals surface area (Å²) in [4.78, 5) is 4.03. The minimum atomic E-state index is -4.33. The van der Waals surface area contributed by atoms with E-state index in [1.165, 1.54) is 6.07 Å². The molecule has 0 aliphatic rings. The summed E-state index contributed by atoms with van der Waals surface area (Å²) < 4.78 is 37.6. The Kier molecular flexibility index (Phi) is 3.55. The van der Waals surface area contributed by atoms with Crippen molar-refractivity contribution in [1.29, 1.82) is 0 Å². The van der Waals surface area contributed by atoms with Gasteiger partial charge in [-0.25, -0.2) is 4.98 Å². The number of nitrogen functional groups attached to an aromatic ring is 1. The molecule has 2 aromatic rings. The Morgan fingerprint density at radius 3 is 2.42 bits per heavy atom. The third-order valence-corrected chi connectivity index (χ3v) is 2.45. The first-order valence-corrected chi connectivity index (χ1v) is 5.53. The Hall–Kier alpha value is -2.30. The predicted molar refractivity (Wildman–Crippen MR) is 69.0 cm³/mol. The lowest BCUT2D eigenvalue weighted by atomic mass is 10.1. The standard InChI is InChI=1S/C14H11F3N2/c15-14(16,17)11-4-1-3-10(9-11)7-8-12-5-2-6-13(18)19-12/h1-9H,(H2,18,19)/b8-7+. The molecule has 2 nitrogen and oxygen atoms in total. The number of alkyl halides is 3. The van der Waals surface area contributed by atoms with E-state index in [0.717, 1.165) is 12.1 Å². The second-order valence-corrected chi connectivity index (χ2v) is 3.94. The molecule has 5 heteroatoms. The summed E-state index contributed by atoms with van der Waals surface area (Å²) in [6.07, 6.45) is -1.15. The lowest BCUT2D eigenvalue weighted by Crippen LogP contribution is -2.04. The molecular weight excluding hydrogens is 253 g/mol. The number of nitrogens with zero attached hydrogens (tertiary/aromatic N) is 1. The fourth-order valence-corrected chi connectivity index (χ4v) is 1.56. The van der Waals surface area contributed by atoms with Gasteiger partial charge in [0.25, 0.3) is 0 Å². The predicted octanol–water partition coefficient (Wildman–Crippen LogP) is 3.85. The Morgan fingerprint density at radius 2 is 1.74 bits per heavy atom. The number of aromatic nitrogens is 1. The van der Waals surface area contributed by atoms with Crippen LogP contribution in [-0.4, -0.2) is 4.98 Å². The number of hydrogen-bond acceptors (Lipinski definition) is 2. The molecule has 1 aromatic heterocycles. The van der Waals surface area contributed by atoms with Crippen molar-refractivity contribution in [2.75, 3.05) is 5.73 Å². The zero-order valence-corrected chi connectivity index (χ0v) is 9.85. The van der Waals surface area contributed by atoms with Crippen LogP contribution in [0.1, 0.15) is 16.8 Å². The summed E-state index contributed by atoms with van der Waals surface area (Å²) in [7, 11) is 0. The average molecular weight is 264 g/mol. The van der Waals surface area contributed by atoms with Crippen LogP contribution in [0.5, 0.6) is 0 Å². The second-order valence-electron chi connectivity index (χ2n) is 3.94. The summed E-state index contributed by atoms with van der Waals surface area (Å²) >= 11 is 0. The molecule has 0 spiro atoms. The van der Waals surface area contributed by atoms with Crippen LogP contribution < -0.4 is 5.73 Å². The fourth-order valence-electron chi connectivity index (χ4n) is 1.56. The zero-order valence-electron chi connectivity index (χ0n) is 9.85. The summed E-state index contributed by atoms with van der Waals surface area (Å²) in [5, 5.41) is 0. The topological polar surface area (TPSA) is 38.9 Å². The van der Waals surface area contributed by atoms with E-state index < -0.39 is 11.7 Å². The summed E-state index contributed by atoms with van der Waals surface area (Å²) in [6.45, 7) is 0. The van der Waals surface area contributed by atoms with Gasteiger partial charge >= 0.3 is 6.18 Å². The molecule has 2 rings (SSSR count). The average Bonchev–Trinajstić information content (AvgIpc) is 2.36. The van der Waals surface area contributed by atoms with Gasteiger partial charge in [-0.3, -0.25) is 0 Å². The van der Waals surface area contributed by atoms with E-state index in [0.29, 0.717) is 17.1 Å². The van der Waals surface area contributed by atoms with E-state index in [9.17, 15) is 13.2 Å². The van der Waals surface area contributed by atoms with Crippen LogP contribution in [0.25, 0.3) is 12.2 Å². The highest BCUT2D eigenvalue weighted by molar-refractivity contribution is 5.68. The van der Waals surface area contributed by atoms with Crippen molar-refractivity contribution in [1.82, 2.24) is 4.98 Å². The third kappa shape index (κ3) is 3.58. The number of hydrogen-bond donors (Lipinski definition) is 1. The molecule has 0 aliphatic carbocycles. The molecule has 0 saturated heterocycles. The number of halogens is 3. The molecule has 0 bridgehead atoms. The van der Waals surface area contributed by atoms with Crippen LogP contribution in [0, 0.1) is 0 Å². The molecule has 2 N–H and O–H groups in total. The molecule has 0 amide bonds. The number of nitrogens with two attached hydrogens (primary N) is 1. The van der Waals surface area contributed by atoms with Gasteiger partial charge in [0.15, 0.2) is 0 Å². The van der Waals surface area contributed by atoms with Crippen molar-refractivity contribution < 1.29 is 13.2 Å². The van der Waals surface area contributed by atoms with Gasteiger partial charge in [0.2, 0.25) is 0 Å². The van der Waals surface area contributed by atoms with Gasteiger partial charge in [0.05, 0.1) is 11.3 Å². The zero-order chi connectivity index (χ0) is 13.9. The Bertz CT molecular complexity index is 604. The van der Waals surface area contributed by atoms with Crippen LogP contribution in [0.15, 0.2) is 42.5 Å². The molecule has 0 saturated carbocycles. The van der Waals surface area contributed by atoms with Gasteiger partial charge in [-0.1, -0.05) is 24.3 Å². The largest absolute Gasteiger partial charge is 0.416 e. The van der Waals surface area contributed by atoms with Crippen LogP contribution in [0.4, 0.5) is 19.0 Å². The lowest BCUT2D eigenvalue weighted by Gasteiger charge is -2.06. The Morgan fingerprint density at radius 1 is 1.00 bits per heavy atom. The first-order chi connectivity index (χ1) is 8.95. The van der Waals surface area contributed by atoms with Gasteiger partial charge in [-0.05, 0) is 35.9 Å². The lowest BCUT2D eigenvalue weighted by molar-refractivity contribution is -0.137. The minimum Gasteiger partial charge on any atom is -0.384 e. The van der Waals surface area contributed by atoms with E-state index in [1.54, 1.807) is 36.4 Å². The smallest absolute Gasteiger partial charge is 0.384 e. The maximum Gasteiger partial charge on any atom is 0.416 e. The molecule has 0 atom stereocenters. The van der Waals surface area contributed by atoms with Gasteiger partial charge in [-0.2, -0.15) is 13.2 Å². The molecule has 0 fully saturated rings. The van der Waals surface area contributed by atoms with Gasteiger partial charge in [-0.15, -0.1) is 0 Å². The molecule has 19 heavy (non-hydrogen) atoms. The second kappa shape index (κ2) is 5.14. The highest BCUT2D eigenvalue weighted by Gasteiger charge is 2.30. The van der Waals surface area contributed by atoms with Gasteiger partial charge in [0.1, 0.15) is 5.82 Å². The first kappa shape index (κ1) is 13.1. The van der Waals surface area contributed by atoms with E-state index in [-0.39, 0.29) is 0 Å². The SMILES string of the molecule is Nc1cccc(/C=C/c2cccc(C(F)(F)F)c2)n1. The highest BCUT2D eigenvalue weighted by Crippen LogP contribution is 2.29. The molecular formula is C14H11F3N2. The summed E-state index contributed by atoms with van der Waals surface area (Å²) in [5.74, 6) is 0.367. The van der Waals surface area contributed by atoms with Crippen LogP contribution in [0.2, 0.25) is 0 Å². The van der Waals surface area contributed by atoms with Crippen LogP contribution >= 0.6 is 0 Å². The van der Waals surface area contributed by atoms with E-state index >= 15 is 0 Å². The molecule has 1 heterocycles. The van der Waals surface area contributed by atoms with Crippen molar-refractivity contribution in [3.8, 4) is 0 Å². The van der Waals surface area contributed by atoms with Crippen molar-refractivity contribution >= 4 is 18.0 Å². The quantitative estimate of drug-likeness (QED) is 0.894. The molecule has 0 aliphatic heterocycles. The number of anilines is 1. The maximum absolute atomic E-state index is 12.5. The summed E-state index contributed by atoms with van der Waals surface area (Å²) in [5.41, 5.74) is 5.90. The van der Waals surface area contributed by atoms with Crippen molar-refractivity contribution in [2.45, 2.75) is 6.18 Å². The minimum absolute atomic E-state index is 0.367. The molecule has 0 unspecified atom stereocenters. The summed E-state index contributed by atoms with van der Waals surface area (Å²) in [6, 6.07) is 10.2. The Labute approximate surface area is 108 Å². The van der Waals surface area contributed by atoms with Gasteiger partial charge in [0, 0.05) is 0 Å². The number of benzene rings is 1. The van der Waals surface area contributed by atoms with Crippen LogP contribution in [0.3, 0.4) is 0 Å². The molecule has 98 valence electrons. The monoisotopic (exact) mass is 264 g/mol. The third-order valence-electron chi connectivity index (χ3n) is 2.45. The van der Waals surface area contributed by atoms with Crippen molar-refractivity contribution in [2.24, 2.45) is 0 Å². The van der Waals surface area contributed by atoms with E-state index in [1.807, 2.05) is 0 Å². The van der Waals surface area contributed by atoms with Crippen molar-refractivity contribution in [3.05, 3.63) is 59.3 Å². The number of pyridine rings is 1. The van der Waals surface area contributed by atoms with E-state index in [4.69, 9.17) is 5.73 Å². The van der Waals surface area contributed by atoms with Gasteiger partial charge < -0.3 is 5.73 Å². The Balaban J connectivity index is 2.24. The van der Waals surface area contributed by atoms with Crippen molar-refractivity contribution in [3.63, 3.8) is 0 Å².